The van der Waals surface area contributed by atoms with Crippen LogP contribution >= 0.6 is 11.3 Å². The maximum atomic E-state index is 5.73. The molecule has 0 aromatic carbocycles. The van der Waals surface area contributed by atoms with Crippen molar-refractivity contribution in [2.75, 3.05) is 0 Å². The molecule has 0 spiro atoms. The minimum Gasteiger partial charge on any atom is -0.271 e. The molecule has 1 aromatic rings. The minimum atomic E-state index is 0.248. The van der Waals surface area contributed by atoms with Crippen LogP contribution in [-0.4, -0.2) is 4.98 Å². The molecule has 2 rings (SSSR count). The van der Waals surface area contributed by atoms with Gasteiger partial charge in [-0.3, -0.25) is 11.3 Å². The van der Waals surface area contributed by atoms with Crippen molar-refractivity contribution < 1.29 is 0 Å². The number of thiazole rings is 1. The van der Waals surface area contributed by atoms with E-state index in [4.69, 9.17) is 5.84 Å². The van der Waals surface area contributed by atoms with Gasteiger partial charge in [0.25, 0.3) is 0 Å². The molecule has 1 saturated carbocycles. The lowest BCUT2D eigenvalue weighted by molar-refractivity contribution is 0.217. The van der Waals surface area contributed by atoms with Crippen LogP contribution in [0.5, 0.6) is 0 Å². The predicted molar refractivity (Wildman–Crippen MR) is 72.7 cm³/mol. The highest BCUT2D eigenvalue weighted by Crippen LogP contribution is 2.37. The zero-order valence-corrected chi connectivity index (χ0v) is 11.6. The number of aromatic nitrogens is 1. The van der Waals surface area contributed by atoms with E-state index in [9.17, 15) is 0 Å². The summed E-state index contributed by atoms with van der Waals surface area (Å²) in [6.45, 7) is 4.35. The van der Waals surface area contributed by atoms with Gasteiger partial charge in [-0.25, -0.2) is 4.98 Å². The van der Waals surface area contributed by atoms with E-state index in [1.807, 2.05) is 0 Å². The number of rotatable bonds is 4. The van der Waals surface area contributed by atoms with Crippen LogP contribution in [0.25, 0.3) is 0 Å². The average molecular weight is 253 g/mol. The first-order chi connectivity index (χ1) is 8.24. The van der Waals surface area contributed by atoms with E-state index in [0.717, 1.165) is 16.6 Å². The SMILES string of the molecule is CCC1CCC(C(NN)c2csc(C)n2)CC1. The van der Waals surface area contributed by atoms with Gasteiger partial charge >= 0.3 is 0 Å². The van der Waals surface area contributed by atoms with Crippen molar-refractivity contribution in [1.82, 2.24) is 10.4 Å². The molecular weight excluding hydrogens is 230 g/mol. The number of nitrogens with two attached hydrogens (primary N) is 1. The highest BCUT2D eigenvalue weighted by atomic mass is 32.1. The van der Waals surface area contributed by atoms with Crippen LogP contribution in [0.1, 0.15) is 55.8 Å². The Hall–Kier alpha value is -0.450. The van der Waals surface area contributed by atoms with Gasteiger partial charge in [0.05, 0.1) is 16.7 Å². The van der Waals surface area contributed by atoms with Gasteiger partial charge in [0.2, 0.25) is 0 Å². The second-order valence-electron chi connectivity index (χ2n) is 5.12. The number of nitrogens with zero attached hydrogens (tertiary/aromatic N) is 1. The molecular formula is C13H23N3S. The van der Waals surface area contributed by atoms with E-state index in [2.05, 4.69) is 29.6 Å². The van der Waals surface area contributed by atoms with Crippen molar-refractivity contribution in [3.8, 4) is 0 Å². The molecule has 4 heteroatoms. The Morgan fingerprint density at radius 2 is 2.18 bits per heavy atom. The van der Waals surface area contributed by atoms with Crippen LogP contribution in [0, 0.1) is 18.8 Å². The van der Waals surface area contributed by atoms with Gasteiger partial charge in [-0.2, -0.15) is 0 Å². The molecule has 17 heavy (non-hydrogen) atoms. The second kappa shape index (κ2) is 5.94. The number of aryl methyl sites for hydroxylation is 1. The van der Waals surface area contributed by atoms with Gasteiger partial charge in [0.15, 0.2) is 0 Å². The lowest BCUT2D eigenvalue weighted by Gasteiger charge is -2.32. The van der Waals surface area contributed by atoms with Gasteiger partial charge < -0.3 is 0 Å². The number of hydrogen-bond donors (Lipinski definition) is 2. The van der Waals surface area contributed by atoms with Gasteiger partial charge in [-0.15, -0.1) is 11.3 Å². The third-order valence-electron chi connectivity index (χ3n) is 4.08. The molecule has 3 nitrogen and oxygen atoms in total. The fourth-order valence-corrected chi connectivity index (χ4v) is 3.56. The van der Waals surface area contributed by atoms with E-state index in [1.54, 1.807) is 11.3 Å². The third kappa shape index (κ3) is 3.06. The minimum absolute atomic E-state index is 0.248. The molecule has 1 aliphatic carbocycles. The Kier molecular flexibility index (Phi) is 4.54. The summed E-state index contributed by atoms with van der Waals surface area (Å²) in [5.41, 5.74) is 4.11. The molecule has 1 fully saturated rings. The lowest BCUT2D eigenvalue weighted by Crippen LogP contribution is -2.35. The molecule has 96 valence electrons. The fraction of sp³-hybridized carbons (Fsp3) is 0.769. The lowest BCUT2D eigenvalue weighted by atomic mass is 9.77. The Labute approximate surface area is 108 Å². The second-order valence-corrected chi connectivity index (χ2v) is 6.19. The summed E-state index contributed by atoms with van der Waals surface area (Å²) in [5, 5.41) is 3.27. The van der Waals surface area contributed by atoms with E-state index in [0.29, 0.717) is 5.92 Å². The summed E-state index contributed by atoms with van der Waals surface area (Å²) >= 11 is 1.71. The summed E-state index contributed by atoms with van der Waals surface area (Å²) in [4.78, 5) is 4.57. The van der Waals surface area contributed by atoms with Crippen LogP contribution in [0.3, 0.4) is 0 Å². The van der Waals surface area contributed by atoms with E-state index < -0.39 is 0 Å². The van der Waals surface area contributed by atoms with Crippen LogP contribution < -0.4 is 11.3 Å². The van der Waals surface area contributed by atoms with Crippen molar-refractivity contribution >= 4 is 11.3 Å². The molecule has 0 bridgehead atoms. The van der Waals surface area contributed by atoms with Crippen LogP contribution in [0.2, 0.25) is 0 Å². The monoisotopic (exact) mass is 253 g/mol. The molecule has 1 aliphatic rings. The summed E-state index contributed by atoms with van der Waals surface area (Å²) in [6.07, 6.45) is 6.59. The predicted octanol–water partition coefficient (Wildman–Crippen LogP) is 3.17. The summed E-state index contributed by atoms with van der Waals surface area (Å²) in [5.74, 6) is 7.32. The van der Waals surface area contributed by atoms with Crippen LogP contribution in [0.15, 0.2) is 5.38 Å². The highest BCUT2D eigenvalue weighted by Gasteiger charge is 2.28. The van der Waals surface area contributed by atoms with Crippen LogP contribution in [-0.2, 0) is 0 Å². The van der Waals surface area contributed by atoms with E-state index >= 15 is 0 Å². The average Bonchev–Trinajstić information content (AvgIpc) is 2.78. The van der Waals surface area contributed by atoms with E-state index in [-0.39, 0.29) is 6.04 Å². The molecule has 1 atom stereocenters. The van der Waals surface area contributed by atoms with E-state index in [1.165, 1.54) is 32.1 Å². The number of hydrogen-bond acceptors (Lipinski definition) is 4. The molecule has 1 heterocycles. The molecule has 3 N–H and O–H groups in total. The Balaban J connectivity index is 2.00. The first-order valence-electron chi connectivity index (χ1n) is 6.62. The van der Waals surface area contributed by atoms with Crippen LogP contribution in [0.4, 0.5) is 0 Å². The summed E-state index contributed by atoms with van der Waals surface area (Å²) in [7, 11) is 0. The van der Waals surface area contributed by atoms with Crippen molar-refractivity contribution in [3.05, 3.63) is 16.1 Å². The molecule has 0 amide bonds. The van der Waals surface area contributed by atoms with Crippen molar-refractivity contribution in [2.45, 2.75) is 52.0 Å². The zero-order chi connectivity index (χ0) is 12.3. The fourth-order valence-electron chi connectivity index (χ4n) is 2.92. The first kappa shape index (κ1) is 13.0. The van der Waals surface area contributed by atoms with Gasteiger partial charge in [-0.05, 0) is 31.6 Å². The van der Waals surface area contributed by atoms with Crippen molar-refractivity contribution in [3.63, 3.8) is 0 Å². The highest BCUT2D eigenvalue weighted by molar-refractivity contribution is 7.09. The Morgan fingerprint density at radius 1 is 1.47 bits per heavy atom. The molecule has 1 unspecified atom stereocenters. The smallest absolute Gasteiger partial charge is 0.0898 e. The Morgan fingerprint density at radius 3 is 2.65 bits per heavy atom. The molecule has 0 saturated heterocycles. The normalized spacial score (nSPS) is 27.0. The molecule has 0 aliphatic heterocycles. The number of nitrogens with one attached hydrogen (secondary N) is 1. The van der Waals surface area contributed by atoms with Gasteiger partial charge in [0, 0.05) is 5.38 Å². The molecule has 1 aromatic heterocycles. The third-order valence-corrected chi connectivity index (χ3v) is 4.87. The number of hydrazine groups is 1. The maximum Gasteiger partial charge on any atom is 0.0898 e. The maximum absolute atomic E-state index is 5.73. The quantitative estimate of drug-likeness (QED) is 0.640. The summed E-state index contributed by atoms with van der Waals surface area (Å²) < 4.78 is 0. The van der Waals surface area contributed by atoms with Crippen molar-refractivity contribution in [1.29, 1.82) is 0 Å². The standard InChI is InChI=1S/C13H23N3S/c1-3-10-4-6-11(7-5-10)13(16-14)12-8-17-9(2)15-12/h8,10-11,13,16H,3-7,14H2,1-2H3. The first-order valence-corrected chi connectivity index (χ1v) is 7.50. The van der Waals surface area contributed by atoms with Gasteiger partial charge in [0.1, 0.15) is 0 Å². The largest absolute Gasteiger partial charge is 0.271 e. The Bertz CT molecular complexity index is 342. The van der Waals surface area contributed by atoms with Gasteiger partial charge in [-0.1, -0.05) is 26.2 Å². The topological polar surface area (TPSA) is 50.9 Å². The molecule has 0 radical (unpaired) electrons. The zero-order valence-electron chi connectivity index (χ0n) is 10.8. The summed E-state index contributed by atoms with van der Waals surface area (Å²) in [6, 6.07) is 0.248. The van der Waals surface area contributed by atoms with Crippen molar-refractivity contribution in [2.24, 2.45) is 17.7 Å².